The summed E-state index contributed by atoms with van der Waals surface area (Å²) >= 11 is 1.87. The quantitative estimate of drug-likeness (QED) is 0.164. The van der Waals surface area contributed by atoms with Gasteiger partial charge < -0.3 is 4.90 Å². The summed E-state index contributed by atoms with van der Waals surface area (Å²) in [6.45, 7) is 4.74. The molecular formula is C55H39NS. The molecule has 0 saturated heterocycles. The summed E-state index contributed by atoms with van der Waals surface area (Å²) in [4.78, 5) is 2.45. The Morgan fingerprint density at radius 1 is 0.404 bits per heavy atom. The second-order valence-electron chi connectivity index (χ2n) is 15.7. The smallest absolute Gasteiger partial charge is 0.0540 e. The molecule has 1 aromatic heterocycles. The van der Waals surface area contributed by atoms with E-state index in [-0.39, 0.29) is 5.41 Å². The first-order valence-electron chi connectivity index (χ1n) is 19.8. The third kappa shape index (κ3) is 5.44. The molecule has 0 radical (unpaired) electrons. The van der Waals surface area contributed by atoms with Crippen LogP contribution in [0, 0.1) is 0 Å². The van der Waals surface area contributed by atoms with Gasteiger partial charge in [-0.25, -0.2) is 0 Å². The van der Waals surface area contributed by atoms with Gasteiger partial charge in [0.05, 0.1) is 5.69 Å². The van der Waals surface area contributed by atoms with Crippen molar-refractivity contribution >= 4 is 59.3 Å². The molecule has 2 heteroatoms. The predicted octanol–water partition coefficient (Wildman–Crippen LogP) is 16.0. The number of hydrogen-bond acceptors (Lipinski definition) is 2. The lowest BCUT2D eigenvalue weighted by Crippen LogP contribution is -2.16. The second kappa shape index (κ2) is 13.2. The molecule has 0 saturated carbocycles. The monoisotopic (exact) mass is 745 g/mol. The van der Waals surface area contributed by atoms with Crippen molar-refractivity contribution in [3.05, 3.63) is 211 Å². The summed E-state index contributed by atoms with van der Waals surface area (Å²) in [7, 11) is 0. The Balaban J connectivity index is 1.09. The lowest BCUT2D eigenvalue weighted by atomic mass is 9.79. The van der Waals surface area contributed by atoms with E-state index >= 15 is 0 Å². The van der Waals surface area contributed by atoms with Crippen LogP contribution >= 0.6 is 11.3 Å². The Labute approximate surface area is 337 Å². The molecule has 1 nitrogen and oxygen atoms in total. The zero-order chi connectivity index (χ0) is 38.1. The molecule has 0 spiro atoms. The Hall–Kier alpha value is -6.74. The van der Waals surface area contributed by atoms with Gasteiger partial charge in [-0.2, -0.15) is 0 Å². The minimum absolute atomic E-state index is 0.0950. The number of benzene rings is 9. The molecule has 0 unspecified atom stereocenters. The van der Waals surface area contributed by atoms with Crippen molar-refractivity contribution in [3.63, 3.8) is 0 Å². The molecule has 57 heavy (non-hydrogen) atoms. The van der Waals surface area contributed by atoms with E-state index in [2.05, 4.69) is 219 Å². The SMILES string of the molecule is CC1(C)c2ccccc2-c2cccc(-c3ccc(N(c4cccc(-c5ccc6ccccc6c5)c4)c4ccccc4-c4cccc5sc6ccccc6c45)cc3)c21. The highest BCUT2D eigenvalue weighted by Gasteiger charge is 2.37. The number of hydrogen-bond donors (Lipinski definition) is 0. The molecule has 1 aliphatic rings. The van der Waals surface area contributed by atoms with Gasteiger partial charge in [0.2, 0.25) is 0 Å². The van der Waals surface area contributed by atoms with E-state index in [1.54, 1.807) is 0 Å². The van der Waals surface area contributed by atoms with E-state index in [0.29, 0.717) is 0 Å². The highest BCUT2D eigenvalue weighted by Crippen LogP contribution is 2.52. The van der Waals surface area contributed by atoms with Crippen LogP contribution in [-0.4, -0.2) is 0 Å². The maximum Gasteiger partial charge on any atom is 0.0540 e. The summed E-state index contributed by atoms with van der Waals surface area (Å²) in [5.41, 5.74) is 16.1. The average Bonchev–Trinajstić information content (AvgIpc) is 3.76. The predicted molar refractivity (Wildman–Crippen MR) is 245 cm³/mol. The summed E-state index contributed by atoms with van der Waals surface area (Å²) in [5.74, 6) is 0. The van der Waals surface area contributed by atoms with Gasteiger partial charge in [0, 0.05) is 42.5 Å². The van der Waals surface area contributed by atoms with Crippen LogP contribution in [0.5, 0.6) is 0 Å². The van der Waals surface area contributed by atoms with E-state index in [9.17, 15) is 0 Å². The summed E-state index contributed by atoms with van der Waals surface area (Å²) in [6.07, 6.45) is 0. The van der Waals surface area contributed by atoms with Gasteiger partial charge in [-0.3, -0.25) is 0 Å². The highest BCUT2D eigenvalue weighted by atomic mass is 32.1. The van der Waals surface area contributed by atoms with E-state index < -0.39 is 0 Å². The molecule has 1 heterocycles. The standard InChI is InChI=1S/C55H39NS/c1-55(2)49-24-8-5-18-44(49)47-23-12-21-43(54(47)55)37-30-32-41(33-31-37)56(42-17-11-16-39(35-42)40-29-28-36-14-3-4-15-38(36)34-40)50-25-9-6-19-45(50)46-22-13-27-52-53(46)48-20-7-10-26-51(48)57-52/h3-35H,1-2H3. The van der Waals surface area contributed by atoms with Crippen molar-refractivity contribution in [3.8, 4) is 44.5 Å². The van der Waals surface area contributed by atoms with Crippen molar-refractivity contribution in [1.82, 2.24) is 0 Å². The Morgan fingerprint density at radius 2 is 1.04 bits per heavy atom. The molecule has 0 amide bonds. The first-order valence-corrected chi connectivity index (χ1v) is 20.6. The maximum atomic E-state index is 2.45. The molecule has 0 fully saturated rings. The number of thiophene rings is 1. The van der Waals surface area contributed by atoms with E-state index in [1.165, 1.54) is 86.6 Å². The van der Waals surface area contributed by atoms with Crippen LogP contribution in [0.25, 0.3) is 75.5 Å². The van der Waals surface area contributed by atoms with Gasteiger partial charge in [0.1, 0.15) is 0 Å². The molecule has 270 valence electrons. The minimum Gasteiger partial charge on any atom is -0.310 e. The Kier molecular flexibility index (Phi) is 7.77. The largest absolute Gasteiger partial charge is 0.310 e. The van der Waals surface area contributed by atoms with Crippen LogP contribution in [0.2, 0.25) is 0 Å². The molecule has 0 N–H and O–H groups in total. The fraction of sp³-hybridized carbons (Fsp3) is 0.0545. The zero-order valence-corrected chi connectivity index (χ0v) is 32.7. The number of nitrogens with zero attached hydrogens (tertiary/aromatic N) is 1. The van der Waals surface area contributed by atoms with Gasteiger partial charge in [0.15, 0.2) is 0 Å². The van der Waals surface area contributed by atoms with Gasteiger partial charge in [-0.1, -0.05) is 166 Å². The maximum absolute atomic E-state index is 2.45. The van der Waals surface area contributed by atoms with E-state index in [1.807, 2.05) is 11.3 Å². The van der Waals surface area contributed by atoms with Crippen molar-refractivity contribution < 1.29 is 0 Å². The fourth-order valence-corrected chi connectivity index (χ4v) is 10.5. The lowest BCUT2D eigenvalue weighted by Gasteiger charge is -2.29. The molecule has 0 atom stereocenters. The zero-order valence-electron chi connectivity index (χ0n) is 31.9. The van der Waals surface area contributed by atoms with Gasteiger partial charge in [-0.15, -0.1) is 11.3 Å². The minimum atomic E-state index is -0.0950. The summed E-state index contributed by atoms with van der Waals surface area (Å²) < 4.78 is 2.62. The molecule has 1 aliphatic carbocycles. The molecule has 9 aromatic carbocycles. The average molecular weight is 746 g/mol. The van der Waals surface area contributed by atoms with Gasteiger partial charge in [-0.05, 0) is 109 Å². The summed E-state index contributed by atoms with van der Waals surface area (Å²) in [5, 5.41) is 5.11. The van der Waals surface area contributed by atoms with Crippen LogP contribution in [0.3, 0.4) is 0 Å². The molecule has 10 aromatic rings. The number of fused-ring (bicyclic) bond motifs is 7. The fourth-order valence-electron chi connectivity index (χ4n) is 9.39. The van der Waals surface area contributed by atoms with Crippen LogP contribution < -0.4 is 4.90 Å². The summed E-state index contributed by atoms with van der Waals surface area (Å²) in [6, 6.07) is 73.9. The topological polar surface area (TPSA) is 3.24 Å². The van der Waals surface area contributed by atoms with Crippen LogP contribution in [-0.2, 0) is 5.41 Å². The Morgan fingerprint density at radius 3 is 1.93 bits per heavy atom. The second-order valence-corrected chi connectivity index (χ2v) is 16.8. The Bertz CT molecular complexity index is 3170. The molecule has 0 bridgehead atoms. The normalized spacial score (nSPS) is 12.9. The van der Waals surface area contributed by atoms with Crippen molar-refractivity contribution in [2.75, 3.05) is 4.90 Å². The van der Waals surface area contributed by atoms with Gasteiger partial charge in [0.25, 0.3) is 0 Å². The lowest BCUT2D eigenvalue weighted by molar-refractivity contribution is 0.662. The molecular weight excluding hydrogens is 707 g/mol. The third-order valence-electron chi connectivity index (χ3n) is 12.0. The van der Waals surface area contributed by atoms with E-state index in [4.69, 9.17) is 0 Å². The van der Waals surface area contributed by atoms with Crippen molar-refractivity contribution in [2.45, 2.75) is 19.3 Å². The van der Waals surface area contributed by atoms with E-state index in [0.717, 1.165) is 17.1 Å². The molecule has 11 rings (SSSR count). The van der Waals surface area contributed by atoms with Crippen LogP contribution in [0.15, 0.2) is 200 Å². The number of para-hydroxylation sites is 1. The van der Waals surface area contributed by atoms with Crippen molar-refractivity contribution in [1.29, 1.82) is 0 Å². The first-order chi connectivity index (χ1) is 28.0. The van der Waals surface area contributed by atoms with Crippen molar-refractivity contribution in [2.24, 2.45) is 0 Å². The number of anilines is 3. The van der Waals surface area contributed by atoms with Gasteiger partial charge >= 0.3 is 0 Å². The molecule has 0 aliphatic heterocycles. The highest BCUT2D eigenvalue weighted by molar-refractivity contribution is 7.25. The van der Waals surface area contributed by atoms with Crippen LogP contribution in [0.4, 0.5) is 17.1 Å². The van der Waals surface area contributed by atoms with Crippen LogP contribution in [0.1, 0.15) is 25.0 Å². The number of rotatable bonds is 6. The third-order valence-corrected chi connectivity index (χ3v) is 13.2. The first kappa shape index (κ1) is 33.6.